The molecule has 0 N–H and O–H groups in total. The summed E-state index contributed by atoms with van der Waals surface area (Å²) >= 11 is 0. The minimum absolute atomic E-state index is 0.0115. The quantitative estimate of drug-likeness (QED) is 0.750. The molecule has 2 rings (SSSR count). The Morgan fingerprint density at radius 3 is 2.60 bits per heavy atom. The van der Waals surface area contributed by atoms with Gasteiger partial charge in [-0.3, -0.25) is 4.79 Å². The summed E-state index contributed by atoms with van der Waals surface area (Å²) in [4.78, 5) is 12.1. The Labute approximate surface area is 120 Å². The van der Waals surface area contributed by atoms with E-state index in [0.29, 0.717) is 6.61 Å². The number of carbonyl (C=O) groups is 1. The SMILES string of the molecule is COC(=O)C1(c2cc(C)ccc2OCC(C)OC)CC1. The molecule has 0 amide bonds. The lowest BCUT2D eigenvalue weighted by atomic mass is 9.93. The highest BCUT2D eigenvalue weighted by Crippen LogP contribution is 2.52. The van der Waals surface area contributed by atoms with Crippen molar-refractivity contribution in [3.8, 4) is 5.75 Å². The third-order valence-corrected chi connectivity index (χ3v) is 3.85. The van der Waals surface area contributed by atoms with E-state index in [-0.39, 0.29) is 12.1 Å². The Bertz CT molecular complexity index is 491. The lowest BCUT2D eigenvalue weighted by Crippen LogP contribution is -2.24. The maximum Gasteiger partial charge on any atom is 0.316 e. The van der Waals surface area contributed by atoms with Crippen LogP contribution in [-0.4, -0.2) is 32.9 Å². The van der Waals surface area contributed by atoms with Gasteiger partial charge in [0.1, 0.15) is 12.4 Å². The fourth-order valence-corrected chi connectivity index (χ4v) is 2.32. The summed E-state index contributed by atoms with van der Waals surface area (Å²) in [6.07, 6.45) is 1.65. The zero-order valence-electron chi connectivity index (χ0n) is 12.6. The van der Waals surface area contributed by atoms with Crippen LogP contribution >= 0.6 is 0 Å². The van der Waals surface area contributed by atoms with Gasteiger partial charge in [-0.05, 0) is 32.8 Å². The molecule has 1 aromatic carbocycles. The minimum Gasteiger partial charge on any atom is -0.491 e. The van der Waals surface area contributed by atoms with Gasteiger partial charge in [-0.15, -0.1) is 0 Å². The Morgan fingerprint density at radius 2 is 2.05 bits per heavy atom. The monoisotopic (exact) mass is 278 g/mol. The molecule has 0 spiro atoms. The van der Waals surface area contributed by atoms with Crippen molar-refractivity contribution in [3.05, 3.63) is 29.3 Å². The molecule has 1 aromatic rings. The molecule has 20 heavy (non-hydrogen) atoms. The first-order valence-electron chi connectivity index (χ1n) is 6.88. The van der Waals surface area contributed by atoms with Crippen molar-refractivity contribution in [2.24, 2.45) is 0 Å². The number of methoxy groups -OCH3 is 2. The maximum atomic E-state index is 12.1. The number of rotatable bonds is 6. The largest absolute Gasteiger partial charge is 0.491 e. The summed E-state index contributed by atoms with van der Waals surface area (Å²) in [6, 6.07) is 5.94. The van der Waals surface area contributed by atoms with E-state index in [1.54, 1.807) is 7.11 Å². The van der Waals surface area contributed by atoms with Gasteiger partial charge in [-0.25, -0.2) is 0 Å². The van der Waals surface area contributed by atoms with Gasteiger partial charge in [0, 0.05) is 12.7 Å². The minimum atomic E-state index is -0.508. The van der Waals surface area contributed by atoms with E-state index in [4.69, 9.17) is 14.2 Å². The fraction of sp³-hybridized carbons (Fsp3) is 0.562. The first-order chi connectivity index (χ1) is 9.53. The summed E-state index contributed by atoms with van der Waals surface area (Å²) in [6.45, 7) is 4.42. The lowest BCUT2D eigenvalue weighted by Gasteiger charge is -2.20. The van der Waals surface area contributed by atoms with Crippen LogP contribution in [0, 0.1) is 6.92 Å². The van der Waals surface area contributed by atoms with Crippen molar-refractivity contribution in [1.82, 2.24) is 0 Å². The molecule has 1 aliphatic rings. The highest BCUT2D eigenvalue weighted by atomic mass is 16.5. The van der Waals surface area contributed by atoms with Crippen molar-refractivity contribution in [2.45, 2.75) is 38.2 Å². The average Bonchev–Trinajstić information content (AvgIpc) is 3.26. The molecule has 1 fully saturated rings. The molecule has 110 valence electrons. The van der Waals surface area contributed by atoms with Gasteiger partial charge in [-0.1, -0.05) is 17.7 Å². The molecule has 1 atom stereocenters. The highest BCUT2D eigenvalue weighted by Gasteiger charge is 2.54. The van der Waals surface area contributed by atoms with Crippen LogP contribution < -0.4 is 4.74 Å². The first kappa shape index (κ1) is 14.9. The van der Waals surface area contributed by atoms with Crippen LogP contribution in [0.25, 0.3) is 0 Å². The van der Waals surface area contributed by atoms with E-state index in [0.717, 1.165) is 29.7 Å². The molecule has 4 heteroatoms. The van der Waals surface area contributed by atoms with E-state index >= 15 is 0 Å². The predicted molar refractivity (Wildman–Crippen MR) is 76.1 cm³/mol. The number of benzene rings is 1. The molecule has 0 saturated heterocycles. The van der Waals surface area contributed by atoms with Gasteiger partial charge < -0.3 is 14.2 Å². The Kier molecular flexibility index (Phi) is 4.33. The van der Waals surface area contributed by atoms with Gasteiger partial charge in [0.2, 0.25) is 0 Å². The van der Waals surface area contributed by atoms with Gasteiger partial charge in [0.05, 0.1) is 18.6 Å². The van der Waals surface area contributed by atoms with Crippen molar-refractivity contribution < 1.29 is 19.0 Å². The second kappa shape index (κ2) is 5.83. The van der Waals surface area contributed by atoms with E-state index in [9.17, 15) is 4.79 Å². The standard InChI is InChI=1S/C16H22O4/c1-11-5-6-14(20-10-12(2)18-3)13(9-11)16(7-8-16)15(17)19-4/h5-6,9,12H,7-8,10H2,1-4H3. The highest BCUT2D eigenvalue weighted by molar-refractivity contribution is 5.87. The van der Waals surface area contributed by atoms with E-state index < -0.39 is 5.41 Å². The molecule has 0 bridgehead atoms. The molecule has 0 aliphatic heterocycles. The average molecular weight is 278 g/mol. The summed E-state index contributed by atoms with van der Waals surface area (Å²) in [5, 5.41) is 0. The number of aryl methyl sites for hydroxylation is 1. The topological polar surface area (TPSA) is 44.8 Å². The molecule has 0 aromatic heterocycles. The van der Waals surface area contributed by atoms with Gasteiger partial charge in [-0.2, -0.15) is 0 Å². The molecule has 0 radical (unpaired) electrons. The summed E-state index contributed by atoms with van der Waals surface area (Å²) < 4.78 is 16.0. The van der Waals surface area contributed by atoms with Crippen LogP contribution in [0.3, 0.4) is 0 Å². The van der Waals surface area contributed by atoms with Crippen molar-refractivity contribution in [2.75, 3.05) is 20.8 Å². The zero-order valence-corrected chi connectivity index (χ0v) is 12.6. The van der Waals surface area contributed by atoms with Crippen LogP contribution in [0.5, 0.6) is 5.75 Å². The van der Waals surface area contributed by atoms with Crippen LogP contribution in [0.15, 0.2) is 18.2 Å². The number of ether oxygens (including phenoxy) is 3. The fourth-order valence-electron chi connectivity index (χ4n) is 2.32. The third kappa shape index (κ3) is 2.80. The molecule has 4 nitrogen and oxygen atoms in total. The summed E-state index contributed by atoms with van der Waals surface area (Å²) in [5.41, 5.74) is 1.54. The van der Waals surface area contributed by atoms with Gasteiger partial charge in [0.25, 0.3) is 0 Å². The Hall–Kier alpha value is -1.55. The van der Waals surface area contributed by atoms with E-state index in [1.807, 2.05) is 32.0 Å². The second-order valence-corrected chi connectivity index (χ2v) is 5.43. The Balaban J connectivity index is 2.27. The molecule has 0 heterocycles. The van der Waals surface area contributed by atoms with Crippen molar-refractivity contribution in [1.29, 1.82) is 0 Å². The summed E-state index contributed by atoms with van der Waals surface area (Å²) in [7, 11) is 3.09. The summed E-state index contributed by atoms with van der Waals surface area (Å²) in [5.74, 6) is 0.579. The zero-order chi connectivity index (χ0) is 14.8. The second-order valence-electron chi connectivity index (χ2n) is 5.43. The smallest absolute Gasteiger partial charge is 0.316 e. The number of hydrogen-bond donors (Lipinski definition) is 0. The van der Waals surface area contributed by atoms with Gasteiger partial charge in [0.15, 0.2) is 0 Å². The normalized spacial score (nSPS) is 17.4. The molecule has 1 saturated carbocycles. The van der Waals surface area contributed by atoms with Crippen molar-refractivity contribution >= 4 is 5.97 Å². The van der Waals surface area contributed by atoms with Gasteiger partial charge >= 0.3 is 5.97 Å². The number of esters is 1. The number of carbonyl (C=O) groups excluding carboxylic acids is 1. The first-order valence-corrected chi connectivity index (χ1v) is 6.88. The van der Waals surface area contributed by atoms with Crippen LogP contribution in [-0.2, 0) is 19.7 Å². The maximum absolute atomic E-state index is 12.1. The molecule has 1 unspecified atom stereocenters. The van der Waals surface area contributed by atoms with Crippen LogP contribution in [0.1, 0.15) is 30.9 Å². The lowest BCUT2D eigenvalue weighted by molar-refractivity contribution is -0.143. The van der Waals surface area contributed by atoms with E-state index in [1.165, 1.54) is 7.11 Å². The predicted octanol–water partition coefficient (Wildman–Crippen LogP) is 2.61. The Morgan fingerprint density at radius 1 is 1.35 bits per heavy atom. The molecule has 1 aliphatic carbocycles. The van der Waals surface area contributed by atoms with Crippen LogP contribution in [0.4, 0.5) is 0 Å². The third-order valence-electron chi connectivity index (χ3n) is 3.85. The molecular weight excluding hydrogens is 256 g/mol. The number of hydrogen-bond acceptors (Lipinski definition) is 4. The van der Waals surface area contributed by atoms with Crippen molar-refractivity contribution in [3.63, 3.8) is 0 Å². The molecular formula is C16H22O4. The van der Waals surface area contributed by atoms with Crippen LogP contribution in [0.2, 0.25) is 0 Å². The van der Waals surface area contributed by atoms with E-state index in [2.05, 4.69) is 0 Å².